The molecule has 1 N–H and O–H groups in total. The maximum atomic E-state index is 13.2. The number of hydrogen-bond acceptors (Lipinski definition) is 4. The molecule has 4 rings (SSSR count). The number of carbonyl (C=O) groups is 2. The number of benzene rings is 2. The zero-order chi connectivity index (χ0) is 22.5. The molecule has 1 fully saturated rings. The van der Waals surface area contributed by atoms with Gasteiger partial charge < -0.3 is 19.7 Å². The van der Waals surface area contributed by atoms with E-state index < -0.39 is 6.10 Å². The Morgan fingerprint density at radius 2 is 1.97 bits per heavy atom. The van der Waals surface area contributed by atoms with Gasteiger partial charge in [-0.2, -0.15) is 0 Å². The molecule has 0 saturated heterocycles. The van der Waals surface area contributed by atoms with Crippen molar-refractivity contribution >= 4 is 17.5 Å². The van der Waals surface area contributed by atoms with Crippen LogP contribution in [-0.2, 0) is 22.6 Å². The minimum absolute atomic E-state index is 0.00450. The van der Waals surface area contributed by atoms with Crippen molar-refractivity contribution in [3.63, 3.8) is 0 Å². The van der Waals surface area contributed by atoms with E-state index in [1.54, 1.807) is 7.11 Å². The molecule has 2 aromatic rings. The molecule has 32 heavy (non-hydrogen) atoms. The minimum Gasteiger partial charge on any atom is -0.496 e. The highest BCUT2D eigenvalue weighted by molar-refractivity contribution is 5.93. The molecule has 0 spiro atoms. The van der Waals surface area contributed by atoms with Crippen molar-refractivity contribution < 1.29 is 19.1 Å². The van der Waals surface area contributed by atoms with E-state index in [2.05, 4.69) is 5.32 Å². The van der Waals surface area contributed by atoms with Crippen LogP contribution >= 0.6 is 0 Å². The maximum absolute atomic E-state index is 13.2. The standard InChI is InChI=1S/C26H32N2O4/c1-3-22-26(30)28(15-14-18-8-6-7-11-23(18)31-2)17-20-16-21(12-13-24(20)32-22)27-25(29)19-9-4-5-10-19/h6-8,11-13,16,19,22H,3-5,9-10,14-15,17H2,1-2H3,(H,27,29). The van der Waals surface area contributed by atoms with E-state index in [4.69, 9.17) is 9.47 Å². The van der Waals surface area contributed by atoms with Crippen LogP contribution < -0.4 is 14.8 Å². The second kappa shape index (κ2) is 10.1. The number of rotatable bonds is 7. The Morgan fingerprint density at radius 3 is 2.72 bits per heavy atom. The van der Waals surface area contributed by atoms with Crippen molar-refractivity contribution in [1.29, 1.82) is 0 Å². The summed E-state index contributed by atoms with van der Waals surface area (Å²) < 4.78 is 11.5. The molecule has 0 bridgehead atoms. The van der Waals surface area contributed by atoms with E-state index in [1.165, 1.54) is 0 Å². The maximum Gasteiger partial charge on any atom is 0.263 e. The highest BCUT2D eigenvalue weighted by atomic mass is 16.5. The predicted octanol–water partition coefficient (Wildman–Crippen LogP) is 4.57. The number of anilines is 1. The van der Waals surface area contributed by atoms with Crippen molar-refractivity contribution in [2.45, 2.75) is 58.1 Å². The van der Waals surface area contributed by atoms with Gasteiger partial charge in [0.05, 0.1) is 7.11 Å². The van der Waals surface area contributed by atoms with Gasteiger partial charge in [0, 0.05) is 30.3 Å². The summed E-state index contributed by atoms with van der Waals surface area (Å²) in [6, 6.07) is 13.6. The van der Waals surface area contributed by atoms with Gasteiger partial charge in [0.15, 0.2) is 6.10 Å². The fraction of sp³-hybridized carbons (Fsp3) is 0.462. The zero-order valence-corrected chi connectivity index (χ0v) is 18.9. The molecule has 1 atom stereocenters. The third kappa shape index (κ3) is 4.90. The Labute approximate surface area is 189 Å². The Morgan fingerprint density at radius 1 is 1.19 bits per heavy atom. The van der Waals surface area contributed by atoms with Crippen LogP contribution in [0.1, 0.15) is 50.2 Å². The van der Waals surface area contributed by atoms with Gasteiger partial charge in [-0.3, -0.25) is 9.59 Å². The predicted molar refractivity (Wildman–Crippen MR) is 124 cm³/mol. The van der Waals surface area contributed by atoms with E-state index in [0.29, 0.717) is 31.7 Å². The van der Waals surface area contributed by atoms with E-state index in [0.717, 1.165) is 48.2 Å². The fourth-order valence-corrected chi connectivity index (χ4v) is 4.63. The Hall–Kier alpha value is -3.02. The summed E-state index contributed by atoms with van der Waals surface area (Å²) >= 11 is 0. The summed E-state index contributed by atoms with van der Waals surface area (Å²) in [5, 5.41) is 3.06. The molecule has 1 heterocycles. The monoisotopic (exact) mass is 436 g/mol. The quantitative estimate of drug-likeness (QED) is 0.691. The molecule has 1 aliphatic carbocycles. The van der Waals surface area contributed by atoms with Gasteiger partial charge in [-0.1, -0.05) is 38.0 Å². The molecule has 2 aromatic carbocycles. The first-order valence-electron chi connectivity index (χ1n) is 11.6. The zero-order valence-electron chi connectivity index (χ0n) is 18.9. The highest BCUT2D eigenvalue weighted by Gasteiger charge is 2.30. The van der Waals surface area contributed by atoms with Gasteiger partial charge in [-0.05, 0) is 55.5 Å². The van der Waals surface area contributed by atoms with Crippen LogP contribution in [0.4, 0.5) is 5.69 Å². The molecular formula is C26H32N2O4. The van der Waals surface area contributed by atoms with Gasteiger partial charge in [-0.15, -0.1) is 0 Å². The second-order valence-electron chi connectivity index (χ2n) is 8.63. The average molecular weight is 437 g/mol. The van der Waals surface area contributed by atoms with E-state index >= 15 is 0 Å². The van der Waals surface area contributed by atoms with Crippen LogP contribution in [-0.4, -0.2) is 36.5 Å². The topological polar surface area (TPSA) is 67.9 Å². The van der Waals surface area contributed by atoms with Crippen molar-refractivity contribution in [2.75, 3.05) is 19.0 Å². The number of fused-ring (bicyclic) bond motifs is 1. The smallest absolute Gasteiger partial charge is 0.263 e. The SMILES string of the molecule is CCC1Oc2ccc(NC(=O)C3CCCC3)cc2CN(CCc2ccccc2OC)C1=O. The number of nitrogens with zero attached hydrogens (tertiary/aromatic N) is 1. The number of ether oxygens (including phenoxy) is 2. The highest BCUT2D eigenvalue weighted by Crippen LogP contribution is 2.31. The van der Waals surface area contributed by atoms with Gasteiger partial charge in [0.25, 0.3) is 5.91 Å². The number of para-hydroxylation sites is 1. The molecular weight excluding hydrogens is 404 g/mol. The van der Waals surface area contributed by atoms with Crippen molar-refractivity contribution in [1.82, 2.24) is 4.90 Å². The lowest BCUT2D eigenvalue weighted by Crippen LogP contribution is -2.40. The first-order chi connectivity index (χ1) is 15.6. The van der Waals surface area contributed by atoms with Gasteiger partial charge in [-0.25, -0.2) is 0 Å². The first kappa shape index (κ1) is 22.2. The van der Waals surface area contributed by atoms with E-state index in [-0.39, 0.29) is 17.7 Å². The number of methoxy groups -OCH3 is 1. The molecule has 1 aliphatic heterocycles. The van der Waals surface area contributed by atoms with Crippen LogP contribution in [0.25, 0.3) is 0 Å². The number of amides is 2. The summed E-state index contributed by atoms with van der Waals surface area (Å²) in [5.41, 5.74) is 2.74. The van der Waals surface area contributed by atoms with Crippen LogP contribution in [0.3, 0.4) is 0 Å². The van der Waals surface area contributed by atoms with Crippen LogP contribution in [0.5, 0.6) is 11.5 Å². The molecule has 6 heteroatoms. The summed E-state index contributed by atoms with van der Waals surface area (Å²) in [6.07, 6.45) is 4.96. The summed E-state index contributed by atoms with van der Waals surface area (Å²) in [5.74, 6) is 1.73. The Balaban J connectivity index is 1.52. The van der Waals surface area contributed by atoms with Crippen LogP contribution in [0.2, 0.25) is 0 Å². The summed E-state index contributed by atoms with van der Waals surface area (Å²) in [6.45, 7) is 2.98. The van der Waals surface area contributed by atoms with E-state index in [1.807, 2.05) is 54.3 Å². The van der Waals surface area contributed by atoms with E-state index in [9.17, 15) is 9.59 Å². The lowest BCUT2D eigenvalue weighted by atomic mass is 10.1. The molecule has 1 unspecified atom stereocenters. The second-order valence-corrected chi connectivity index (χ2v) is 8.63. The lowest BCUT2D eigenvalue weighted by molar-refractivity contribution is -0.138. The Bertz CT molecular complexity index is 968. The largest absolute Gasteiger partial charge is 0.496 e. The molecule has 1 saturated carbocycles. The molecule has 170 valence electrons. The molecule has 6 nitrogen and oxygen atoms in total. The molecule has 2 aliphatic rings. The molecule has 0 radical (unpaired) electrons. The fourth-order valence-electron chi connectivity index (χ4n) is 4.63. The van der Waals surface area contributed by atoms with Crippen molar-refractivity contribution in [3.05, 3.63) is 53.6 Å². The average Bonchev–Trinajstić information content (AvgIpc) is 3.32. The van der Waals surface area contributed by atoms with Crippen molar-refractivity contribution in [2.24, 2.45) is 5.92 Å². The minimum atomic E-state index is -0.507. The van der Waals surface area contributed by atoms with Gasteiger partial charge >= 0.3 is 0 Å². The number of carbonyl (C=O) groups excluding carboxylic acids is 2. The first-order valence-corrected chi connectivity index (χ1v) is 11.6. The lowest BCUT2D eigenvalue weighted by Gasteiger charge is -2.23. The number of hydrogen-bond donors (Lipinski definition) is 1. The summed E-state index contributed by atoms with van der Waals surface area (Å²) in [4.78, 5) is 27.6. The third-order valence-electron chi connectivity index (χ3n) is 6.49. The third-order valence-corrected chi connectivity index (χ3v) is 6.49. The van der Waals surface area contributed by atoms with Crippen LogP contribution in [0, 0.1) is 5.92 Å². The molecule has 2 amide bonds. The summed E-state index contributed by atoms with van der Waals surface area (Å²) in [7, 11) is 1.66. The molecule has 0 aromatic heterocycles. The van der Waals surface area contributed by atoms with Crippen LogP contribution in [0.15, 0.2) is 42.5 Å². The Kier molecular flexibility index (Phi) is 6.98. The normalized spacial score (nSPS) is 18.6. The van der Waals surface area contributed by atoms with Gasteiger partial charge in [0.1, 0.15) is 11.5 Å². The van der Waals surface area contributed by atoms with Crippen molar-refractivity contribution in [3.8, 4) is 11.5 Å². The number of nitrogens with one attached hydrogen (secondary N) is 1. The van der Waals surface area contributed by atoms with Gasteiger partial charge in [0.2, 0.25) is 5.91 Å².